The first kappa shape index (κ1) is 16.9. The van der Waals surface area contributed by atoms with Gasteiger partial charge in [0.15, 0.2) is 4.60 Å². The molecule has 1 aliphatic rings. The number of ether oxygens (including phenoxy) is 1. The fourth-order valence-electron chi connectivity index (χ4n) is 3.40. The number of methoxy groups -OCH3 is 1. The Labute approximate surface area is 135 Å². The first-order valence-electron chi connectivity index (χ1n) is 7.98. The fraction of sp³-hybridized carbons (Fsp3) is 0.867. The lowest BCUT2D eigenvalue weighted by Gasteiger charge is -2.39. The predicted octanol–water partition coefficient (Wildman–Crippen LogP) is 3.36. The summed E-state index contributed by atoms with van der Waals surface area (Å²) < 4.78 is 8.78. The number of nitrogens with zero attached hydrogens (tertiary/aromatic N) is 3. The third-order valence-electron chi connectivity index (χ3n) is 4.58. The van der Waals surface area contributed by atoms with Gasteiger partial charge in [-0.2, -0.15) is 0 Å². The molecule has 1 aliphatic carbocycles. The molecule has 120 valence electrons. The van der Waals surface area contributed by atoms with Gasteiger partial charge in [-0.1, -0.05) is 37.8 Å². The van der Waals surface area contributed by atoms with Gasteiger partial charge in [0.05, 0.1) is 17.3 Å². The summed E-state index contributed by atoms with van der Waals surface area (Å²) in [5, 5.41) is 12.0. The first-order valence-corrected chi connectivity index (χ1v) is 8.77. The molecule has 6 heteroatoms. The van der Waals surface area contributed by atoms with Crippen LogP contribution in [-0.4, -0.2) is 34.2 Å². The number of nitrogens with one attached hydrogen (secondary N) is 1. The molecule has 0 amide bonds. The molecule has 0 bridgehead atoms. The van der Waals surface area contributed by atoms with Crippen molar-refractivity contribution in [1.29, 1.82) is 0 Å². The van der Waals surface area contributed by atoms with Gasteiger partial charge in [-0.05, 0) is 41.7 Å². The van der Waals surface area contributed by atoms with Gasteiger partial charge in [-0.15, -0.1) is 5.10 Å². The van der Waals surface area contributed by atoms with E-state index < -0.39 is 0 Å². The number of rotatable bonds is 6. The second-order valence-electron chi connectivity index (χ2n) is 5.96. The van der Waals surface area contributed by atoms with E-state index in [1.807, 2.05) is 18.8 Å². The van der Waals surface area contributed by atoms with Crippen LogP contribution in [-0.2, 0) is 11.8 Å². The Kier molecular flexibility index (Phi) is 6.20. The van der Waals surface area contributed by atoms with Crippen LogP contribution in [0, 0.1) is 0 Å². The maximum Gasteiger partial charge on any atom is 0.153 e. The highest BCUT2D eigenvalue weighted by Crippen LogP contribution is 2.41. The summed E-state index contributed by atoms with van der Waals surface area (Å²) in [6, 6.07) is 0.120. The van der Waals surface area contributed by atoms with Crippen molar-refractivity contribution in [2.24, 2.45) is 7.05 Å². The number of halogens is 1. The summed E-state index contributed by atoms with van der Waals surface area (Å²) >= 11 is 3.56. The van der Waals surface area contributed by atoms with E-state index in [1.165, 1.54) is 25.7 Å². The molecule has 21 heavy (non-hydrogen) atoms. The summed E-state index contributed by atoms with van der Waals surface area (Å²) in [6.07, 6.45) is 8.32. The van der Waals surface area contributed by atoms with Crippen LogP contribution in [0.15, 0.2) is 4.60 Å². The van der Waals surface area contributed by atoms with E-state index in [0.29, 0.717) is 0 Å². The van der Waals surface area contributed by atoms with Crippen LogP contribution in [0.3, 0.4) is 0 Å². The van der Waals surface area contributed by atoms with Crippen LogP contribution in [0.1, 0.15) is 63.6 Å². The number of hydrogen-bond donors (Lipinski definition) is 1. The van der Waals surface area contributed by atoms with Crippen LogP contribution in [0.2, 0.25) is 0 Å². The zero-order chi connectivity index (χ0) is 15.3. The molecule has 0 aromatic carbocycles. The molecule has 1 heterocycles. The minimum absolute atomic E-state index is 0.120. The van der Waals surface area contributed by atoms with Crippen LogP contribution >= 0.6 is 15.9 Å². The molecule has 1 aromatic heterocycles. The normalized spacial score (nSPS) is 20.2. The molecule has 1 aromatic rings. The summed E-state index contributed by atoms with van der Waals surface area (Å²) in [7, 11) is 3.80. The van der Waals surface area contributed by atoms with E-state index >= 15 is 0 Å². The van der Waals surface area contributed by atoms with E-state index in [2.05, 4.69) is 38.5 Å². The van der Waals surface area contributed by atoms with Gasteiger partial charge in [-0.25, -0.2) is 4.68 Å². The minimum Gasteiger partial charge on any atom is -0.376 e. The van der Waals surface area contributed by atoms with E-state index in [-0.39, 0.29) is 11.6 Å². The Morgan fingerprint density at radius 1 is 1.33 bits per heavy atom. The third-order valence-corrected chi connectivity index (χ3v) is 5.15. The Bertz CT molecular complexity index is 421. The molecule has 1 fully saturated rings. The predicted molar refractivity (Wildman–Crippen MR) is 87.2 cm³/mol. The largest absolute Gasteiger partial charge is 0.376 e. The first-order chi connectivity index (χ1) is 10.1. The van der Waals surface area contributed by atoms with E-state index in [9.17, 15) is 0 Å². The maximum atomic E-state index is 6.10. The van der Waals surface area contributed by atoms with Crippen LogP contribution in [0.5, 0.6) is 0 Å². The molecular weight excluding hydrogens is 332 g/mol. The van der Waals surface area contributed by atoms with Crippen molar-refractivity contribution in [2.45, 2.75) is 63.5 Å². The lowest BCUT2D eigenvalue weighted by molar-refractivity contribution is -0.0560. The van der Waals surface area contributed by atoms with Crippen LogP contribution < -0.4 is 5.32 Å². The Hall–Kier alpha value is -0.460. The number of aryl methyl sites for hydroxylation is 1. The molecule has 1 atom stereocenters. The smallest absolute Gasteiger partial charge is 0.153 e. The highest BCUT2D eigenvalue weighted by Gasteiger charge is 2.42. The van der Waals surface area contributed by atoms with Crippen molar-refractivity contribution >= 4 is 15.9 Å². The SMILES string of the molecule is CCCNC(c1c(Br)nnn1C)C1(OC)CCCCCC1. The standard InChI is InChI=1S/C15H27BrN4O/c1-4-11-17-13(12-14(16)18-19-20(12)2)15(21-3)9-7-5-6-8-10-15/h13,17H,4-11H2,1-3H3. The van der Waals surface area contributed by atoms with Gasteiger partial charge in [0.1, 0.15) is 0 Å². The van der Waals surface area contributed by atoms with Gasteiger partial charge < -0.3 is 10.1 Å². The second-order valence-corrected chi connectivity index (χ2v) is 6.71. The molecule has 2 rings (SSSR count). The van der Waals surface area contributed by atoms with Crippen molar-refractivity contribution < 1.29 is 4.74 Å². The molecule has 1 unspecified atom stereocenters. The summed E-state index contributed by atoms with van der Waals surface area (Å²) in [5.41, 5.74) is 0.927. The van der Waals surface area contributed by atoms with Gasteiger partial charge >= 0.3 is 0 Å². The molecule has 1 saturated carbocycles. The highest BCUT2D eigenvalue weighted by atomic mass is 79.9. The minimum atomic E-state index is -0.163. The van der Waals surface area contributed by atoms with Crippen molar-refractivity contribution in [1.82, 2.24) is 20.3 Å². The van der Waals surface area contributed by atoms with Crippen molar-refractivity contribution in [3.05, 3.63) is 10.3 Å². The maximum absolute atomic E-state index is 6.10. The summed E-state index contributed by atoms with van der Waals surface area (Å²) in [6.45, 7) is 3.15. The van der Waals surface area contributed by atoms with Gasteiger partial charge in [-0.3, -0.25) is 0 Å². The average molecular weight is 359 g/mol. The van der Waals surface area contributed by atoms with Gasteiger partial charge in [0, 0.05) is 14.2 Å². The molecule has 0 spiro atoms. The Morgan fingerprint density at radius 2 is 2.00 bits per heavy atom. The number of aromatic nitrogens is 3. The van der Waals surface area contributed by atoms with Gasteiger partial charge in [0.2, 0.25) is 0 Å². The number of hydrogen-bond acceptors (Lipinski definition) is 4. The Morgan fingerprint density at radius 3 is 2.48 bits per heavy atom. The van der Waals surface area contributed by atoms with E-state index in [1.54, 1.807) is 0 Å². The molecule has 0 radical (unpaired) electrons. The summed E-state index contributed by atoms with van der Waals surface area (Å²) in [5.74, 6) is 0. The van der Waals surface area contributed by atoms with Gasteiger partial charge in [0.25, 0.3) is 0 Å². The topological polar surface area (TPSA) is 52.0 Å². The summed E-state index contributed by atoms with van der Waals surface area (Å²) in [4.78, 5) is 0. The van der Waals surface area contributed by atoms with Crippen LogP contribution in [0.25, 0.3) is 0 Å². The second kappa shape index (κ2) is 7.70. The molecule has 0 saturated heterocycles. The van der Waals surface area contributed by atoms with Crippen molar-refractivity contribution in [3.8, 4) is 0 Å². The fourth-order valence-corrected chi connectivity index (χ4v) is 3.96. The Balaban J connectivity index is 2.37. The third kappa shape index (κ3) is 3.66. The zero-order valence-corrected chi connectivity index (χ0v) is 14.9. The average Bonchev–Trinajstić information content (AvgIpc) is 2.71. The monoisotopic (exact) mass is 358 g/mol. The van der Waals surface area contributed by atoms with E-state index in [0.717, 1.165) is 36.1 Å². The van der Waals surface area contributed by atoms with Crippen molar-refractivity contribution in [3.63, 3.8) is 0 Å². The molecule has 1 N–H and O–H groups in total. The zero-order valence-electron chi connectivity index (χ0n) is 13.4. The molecular formula is C15H27BrN4O. The highest BCUT2D eigenvalue weighted by molar-refractivity contribution is 9.10. The van der Waals surface area contributed by atoms with E-state index in [4.69, 9.17) is 4.74 Å². The lowest BCUT2D eigenvalue weighted by Crippen LogP contribution is -2.46. The van der Waals surface area contributed by atoms with Crippen LogP contribution in [0.4, 0.5) is 0 Å². The lowest BCUT2D eigenvalue weighted by atomic mass is 9.84. The van der Waals surface area contributed by atoms with Crippen molar-refractivity contribution in [2.75, 3.05) is 13.7 Å². The quantitative estimate of drug-likeness (QED) is 0.792. The molecule has 5 nitrogen and oxygen atoms in total. The molecule has 0 aliphatic heterocycles.